The average Bonchev–Trinajstić information content (AvgIpc) is 2.97. The number of hydrogen-bond acceptors (Lipinski definition) is 9. The van der Waals surface area contributed by atoms with Crippen LogP contribution in [-0.4, -0.2) is 69.9 Å². The van der Waals surface area contributed by atoms with Gasteiger partial charge in [0.05, 0.1) is 13.2 Å². The van der Waals surface area contributed by atoms with Gasteiger partial charge in [0, 0.05) is 12.8 Å². The molecule has 44 heavy (non-hydrogen) atoms. The molecule has 0 bridgehead atoms. The highest BCUT2D eigenvalue weighted by atomic mass is 31.2. The Bertz CT molecular complexity index is 748. The number of aliphatic hydroxyl groups is 1. The highest BCUT2D eigenvalue weighted by Gasteiger charge is 2.19. The van der Waals surface area contributed by atoms with Crippen molar-refractivity contribution in [3.05, 3.63) is 0 Å². The second kappa shape index (κ2) is 31.4. The Kier molecular flexibility index (Phi) is 31.8. The summed E-state index contributed by atoms with van der Waals surface area (Å²) in [5.74, 6) is -1.97. The lowest BCUT2D eigenvalue weighted by atomic mass is 10.1. The van der Waals surface area contributed by atoms with Crippen LogP contribution < -0.4 is 5.73 Å². The molecule has 0 spiro atoms. The number of carboxylic acid groups (broad SMARTS) is 1. The Morgan fingerprint density at radius 3 is 1.41 bits per heavy atom. The summed E-state index contributed by atoms with van der Waals surface area (Å²) in [7, 11) is -4.60. The monoisotopic (exact) mass is 655 g/mol. The number of phosphoric acid groups is 1. The van der Waals surface area contributed by atoms with Gasteiger partial charge in [0.15, 0.2) is 6.10 Å². The van der Waals surface area contributed by atoms with Crippen molar-refractivity contribution in [1.29, 1.82) is 0 Å². The molecule has 2 unspecified atom stereocenters. The average molecular weight is 656 g/mol. The van der Waals surface area contributed by atoms with E-state index in [0.29, 0.717) is 12.8 Å². The van der Waals surface area contributed by atoms with E-state index in [2.05, 4.69) is 18.4 Å². The normalized spacial score (nSPS) is 12.6. The topological polar surface area (TPSA) is 203 Å². The summed E-state index contributed by atoms with van der Waals surface area (Å²) in [6.07, 6.45) is 22.9. The highest BCUT2D eigenvalue weighted by Crippen LogP contribution is 2.35. The lowest BCUT2D eigenvalue weighted by molar-refractivity contribution is -0.161. The van der Waals surface area contributed by atoms with Crippen LogP contribution in [0.15, 0.2) is 0 Å². The minimum atomic E-state index is -4.60. The van der Waals surface area contributed by atoms with Crippen molar-refractivity contribution in [2.75, 3.05) is 19.8 Å². The molecule has 0 aliphatic carbocycles. The first-order valence-electron chi connectivity index (χ1n) is 16.6. The van der Waals surface area contributed by atoms with Crippen LogP contribution in [-0.2, 0) is 32.9 Å². The summed E-state index contributed by atoms with van der Waals surface area (Å²) in [4.78, 5) is 50.0. The molecule has 0 aliphatic rings. The fraction of sp³-hybridized carbons (Fsp3) is 0.903. The van der Waals surface area contributed by atoms with E-state index < -0.39 is 32.5 Å². The van der Waals surface area contributed by atoms with Gasteiger partial charge in [-0.25, -0.2) is 4.57 Å². The van der Waals surface area contributed by atoms with Crippen molar-refractivity contribution in [1.82, 2.24) is 0 Å². The zero-order valence-electron chi connectivity index (χ0n) is 27.3. The smallest absolute Gasteiger partial charge is 0.469 e. The van der Waals surface area contributed by atoms with Crippen LogP contribution in [0.2, 0.25) is 0 Å². The van der Waals surface area contributed by atoms with E-state index in [1.54, 1.807) is 0 Å². The predicted octanol–water partition coefficient (Wildman–Crippen LogP) is 6.17. The molecule has 0 rings (SSSR count). The molecule has 13 heteroatoms. The maximum Gasteiger partial charge on any atom is 0.469 e. The Hall–Kier alpha value is -1.56. The van der Waals surface area contributed by atoms with Crippen LogP contribution in [0.5, 0.6) is 0 Å². The molecule has 0 aromatic heterocycles. The number of carbonyl (C=O) groups excluding carboxylic acids is 2. The number of aliphatic carboxylic acids is 1. The minimum Gasteiger partial charge on any atom is -0.480 e. The molecule has 0 radical (unpaired) electrons. The van der Waals surface area contributed by atoms with Crippen molar-refractivity contribution in [3.63, 3.8) is 0 Å². The van der Waals surface area contributed by atoms with Crippen LogP contribution in [0, 0.1) is 0 Å². The molecular formula is C31H62NO11P. The molecule has 6 N–H and O–H groups in total. The van der Waals surface area contributed by atoms with Gasteiger partial charge >= 0.3 is 25.7 Å². The van der Waals surface area contributed by atoms with Crippen molar-refractivity contribution in [3.8, 4) is 0 Å². The minimum absolute atomic E-state index is 0.0590. The van der Waals surface area contributed by atoms with Crippen LogP contribution >= 0.6 is 7.82 Å². The van der Waals surface area contributed by atoms with E-state index in [0.717, 1.165) is 38.5 Å². The molecule has 0 heterocycles. The van der Waals surface area contributed by atoms with E-state index in [1.165, 1.54) is 83.5 Å². The number of ether oxygens (including phenoxy) is 2. The Balaban J connectivity index is 0. The maximum atomic E-state index is 12.0. The SMILES string of the molecule is CCCCCCCCCCCCC(=O)OC(CO)COC(=O)CCCCCCCCCCC.NC(COP(=O)(O)O)C(=O)O. The van der Waals surface area contributed by atoms with Crippen LogP contribution in [0.1, 0.15) is 149 Å². The molecule has 2 atom stereocenters. The van der Waals surface area contributed by atoms with Crippen LogP contribution in [0.4, 0.5) is 0 Å². The molecule has 0 aromatic carbocycles. The molecule has 0 aliphatic heterocycles. The second-order valence-corrected chi connectivity index (χ2v) is 12.5. The number of phosphoric ester groups is 1. The number of rotatable bonds is 29. The Morgan fingerprint density at radius 1 is 0.659 bits per heavy atom. The lowest BCUT2D eigenvalue weighted by Gasteiger charge is -2.15. The van der Waals surface area contributed by atoms with Gasteiger partial charge in [-0.3, -0.25) is 18.9 Å². The summed E-state index contributed by atoms with van der Waals surface area (Å²) < 4.78 is 24.3. The Labute approximate surface area is 265 Å². The van der Waals surface area contributed by atoms with Gasteiger partial charge in [0.25, 0.3) is 0 Å². The first kappa shape index (κ1) is 44.6. The van der Waals surface area contributed by atoms with Crippen LogP contribution in [0.25, 0.3) is 0 Å². The molecule has 0 saturated carbocycles. The third-order valence-corrected chi connectivity index (χ3v) is 7.38. The fourth-order valence-electron chi connectivity index (χ4n) is 4.21. The van der Waals surface area contributed by atoms with E-state index in [-0.39, 0.29) is 25.2 Å². The van der Waals surface area contributed by atoms with Gasteiger partial charge < -0.3 is 35.2 Å². The molecule has 0 saturated heterocycles. The van der Waals surface area contributed by atoms with Gasteiger partial charge in [-0.15, -0.1) is 0 Å². The standard InChI is InChI=1S/C28H54O5.C3H8NO6P/c1-3-5-7-9-11-13-15-17-19-21-23-28(31)33-26(24-29)25-32-27(30)22-20-18-16-14-12-10-8-6-4-2;4-2(3(5)6)1-10-11(7,8)9/h26,29H,3-25H2,1-2H3;2H,1,4H2,(H,5,6)(H2,7,8,9). The quantitative estimate of drug-likeness (QED) is 0.0349. The molecule has 12 nitrogen and oxygen atoms in total. The number of esters is 2. The molecule has 0 aromatic rings. The van der Waals surface area contributed by atoms with E-state index in [4.69, 9.17) is 30.1 Å². The highest BCUT2D eigenvalue weighted by molar-refractivity contribution is 7.46. The van der Waals surface area contributed by atoms with E-state index in [1.807, 2.05) is 0 Å². The summed E-state index contributed by atoms with van der Waals surface area (Å²) >= 11 is 0. The van der Waals surface area contributed by atoms with Crippen molar-refractivity contribution in [2.24, 2.45) is 5.73 Å². The van der Waals surface area contributed by atoms with Crippen molar-refractivity contribution in [2.45, 2.75) is 161 Å². The summed E-state index contributed by atoms with van der Waals surface area (Å²) in [5.41, 5.74) is 4.86. The number of unbranched alkanes of at least 4 members (excludes halogenated alkanes) is 17. The molecule has 0 amide bonds. The third kappa shape index (κ3) is 34.9. The van der Waals surface area contributed by atoms with Gasteiger partial charge in [0.2, 0.25) is 0 Å². The zero-order valence-corrected chi connectivity index (χ0v) is 28.2. The molecule has 262 valence electrons. The lowest BCUT2D eigenvalue weighted by Crippen LogP contribution is -2.34. The van der Waals surface area contributed by atoms with Crippen molar-refractivity contribution < 1.29 is 52.9 Å². The molecule has 0 fully saturated rings. The first-order valence-corrected chi connectivity index (χ1v) is 18.1. The van der Waals surface area contributed by atoms with Crippen LogP contribution in [0.3, 0.4) is 0 Å². The van der Waals surface area contributed by atoms with Gasteiger partial charge in [-0.05, 0) is 12.8 Å². The van der Waals surface area contributed by atoms with E-state index in [9.17, 15) is 24.1 Å². The largest absolute Gasteiger partial charge is 0.480 e. The number of carbonyl (C=O) groups is 3. The summed E-state index contributed by atoms with van der Waals surface area (Å²) in [6.45, 7) is 3.37. The van der Waals surface area contributed by atoms with Gasteiger partial charge in [-0.2, -0.15) is 0 Å². The van der Waals surface area contributed by atoms with Gasteiger partial charge in [0.1, 0.15) is 12.6 Å². The predicted molar refractivity (Wildman–Crippen MR) is 170 cm³/mol. The Morgan fingerprint density at radius 2 is 1.05 bits per heavy atom. The fourth-order valence-corrected chi connectivity index (χ4v) is 4.57. The number of nitrogens with two attached hydrogens (primary N) is 1. The second-order valence-electron chi connectivity index (χ2n) is 11.2. The summed E-state index contributed by atoms with van der Waals surface area (Å²) in [6, 6.07) is -1.41. The van der Waals surface area contributed by atoms with E-state index >= 15 is 0 Å². The van der Waals surface area contributed by atoms with Crippen molar-refractivity contribution >= 4 is 25.7 Å². The molecular weight excluding hydrogens is 593 g/mol. The number of hydrogen-bond donors (Lipinski definition) is 5. The zero-order chi connectivity index (χ0) is 33.5. The third-order valence-electron chi connectivity index (χ3n) is 6.89. The number of aliphatic hydroxyl groups excluding tert-OH is 1. The summed E-state index contributed by atoms with van der Waals surface area (Å²) in [5, 5.41) is 17.5. The maximum absolute atomic E-state index is 12.0. The first-order chi connectivity index (χ1) is 21.0. The van der Waals surface area contributed by atoms with Gasteiger partial charge in [-0.1, -0.05) is 123 Å². The number of carboxylic acids is 1.